The van der Waals surface area contributed by atoms with Crippen LogP contribution in [0.5, 0.6) is 0 Å². The van der Waals surface area contributed by atoms with E-state index in [2.05, 4.69) is 21.3 Å². The lowest BCUT2D eigenvalue weighted by Gasteiger charge is -2.30. The Kier molecular flexibility index (Phi) is 16.3. The zero-order valence-corrected chi connectivity index (χ0v) is 32.7. The maximum Gasteiger partial charge on any atom is 0.251 e. The quantitative estimate of drug-likeness (QED) is 0.0800. The van der Waals surface area contributed by atoms with Gasteiger partial charge in [-0.2, -0.15) is 5.26 Å². The van der Waals surface area contributed by atoms with Crippen molar-refractivity contribution in [2.45, 2.75) is 78.4 Å². The van der Waals surface area contributed by atoms with E-state index in [1.165, 1.54) is 18.2 Å². The molecule has 0 aliphatic heterocycles. The third kappa shape index (κ3) is 12.9. The molecule has 0 saturated carbocycles. The highest BCUT2D eigenvalue weighted by molar-refractivity contribution is 6.00. The van der Waals surface area contributed by atoms with Crippen molar-refractivity contribution >= 4 is 23.6 Å². The first-order chi connectivity index (χ1) is 26.9. The largest absolute Gasteiger partial charge is 0.391 e. The summed E-state index contributed by atoms with van der Waals surface area (Å²) in [7, 11) is 0. The predicted octanol–water partition coefficient (Wildman–Crippen LogP) is 5.84. The molecule has 0 unspecified atom stereocenters. The number of carbonyl (C=O) groups is 4. The number of carbonyl (C=O) groups excluding carboxylic acids is 4. The second-order valence-electron chi connectivity index (χ2n) is 14.7. The summed E-state index contributed by atoms with van der Waals surface area (Å²) in [6.45, 7) is 9.66. The molecule has 0 heterocycles. The van der Waals surface area contributed by atoms with Crippen molar-refractivity contribution in [3.05, 3.63) is 143 Å². The average Bonchev–Trinajstić information content (AvgIpc) is 3.20. The van der Waals surface area contributed by atoms with E-state index in [1.54, 1.807) is 0 Å². The molecule has 5 N–H and O–H groups in total. The van der Waals surface area contributed by atoms with Gasteiger partial charge in [-0.25, -0.2) is 0 Å². The third-order valence-corrected chi connectivity index (χ3v) is 9.62. The first-order valence-electron chi connectivity index (χ1n) is 19.0. The Labute approximate surface area is 329 Å². The van der Waals surface area contributed by atoms with Crippen molar-refractivity contribution in [2.24, 2.45) is 17.8 Å². The maximum absolute atomic E-state index is 13.8. The van der Waals surface area contributed by atoms with E-state index in [4.69, 9.17) is 4.74 Å². The van der Waals surface area contributed by atoms with Gasteiger partial charge in [0.2, 0.25) is 11.8 Å². The first-order valence-corrected chi connectivity index (χ1v) is 19.0. The maximum atomic E-state index is 13.8. The van der Waals surface area contributed by atoms with Gasteiger partial charge in [0.1, 0.15) is 6.04 Å². The van der Waals surface area contributed by atoms with Crippen LogP contribution < -0.4 is 21.3 Å². The van der Waals surface area contributed by atoms with Gasteiger partial charge in [-0.15, -0.1) is 0 Å². The van der Waals surface area contributed by atoms with E-state index < -0.39 is 41.8 Å². The van der Waals surface area contributed by atoms with E-state index in [1.807, 2.05) is 132 Å². The van der Waals surface area contributed by atoms with Crippen LogP contribution in [0.4, 0.5) is 0 Å². The molecule has 5 atom stereocenters. The van der Waals surface area contributed by atoms with Crippen molar-refractivity contribution in [2.75, 3.05) is 6.61 Å². The number of benzene rings is 4. The molecule has 0 radical (unpaired) electrons. The normalized spacial score (nSPS) is 13.8. The van der Waals surface area contributed by atoms with Gasteiger partial charge in [0.15, 0.2) is 0 Å². The summed E-state index contributed by atoms with van der Waals surface area (Å²) >= 11 is 0. The van der Waals surface area contributed by atoms with Gasteiger partial charge in [0.25, 0.3) is 11.8 Å². The Bertz CT molecular complexity index is 1930. The number of ether oxygens (including phenoxy) is 1. The zero-order valence-electron chi connectivity index (χ0n) is 32.7. The number of aliphatic hydroxyl groups excluding tert-OH is 1. The fraction of sp³-hybridized carbons (Fsp3) is 0.356. The summed E-state index contributed by atoms with van der Waals surface area (Å²) in [6.07, 6.45) is -1.31. The lowest BCUT2D eigenvalue weighted by molar-refractivity contribution is -0.134. The number of amides is 4. The second-order valence-corrected chi connectivity index (χ2v) is 14.7. The highest BCUT2D eigenvalue weighted by atomic mass is 16.5. The van der Waals surface area contributed by atoms with Crippen molar-refractivity contribution in [3.8, 4) is 6.07 Å². The Morgan fingerprint density at radius 3 is 1.80 bits per heavy atom. The van der Waals surface area contributed by atoms with Crippen LogP contribution >= 0.6 is 0 Å². The molecule has 11 heteroatoms. The molecule has 4 amide bonds. The molecule has 0 aliphatic rings. The number of nitriles is 1. The fourth-order valence-corrected chi connectivity index (χ4v) is 6.23. The molecular weight excluding hydrogens is 707 g/mol. The molecule has 0 bridgehead atoms. The number of rotatable bonds is 19. The van der Waals surface area contributed by atoms with Crippen LogP contribution in [0.3, 0.4) is 0 Å². The Morgan fingerprint density at radius 1 is 0.696 bits per heavy atom. The second kappa shape index (κ2) is 21.3. The standard InChI is InChI=1S/C45H53N5O6/c1-29(2)38(44(54)50-41(30(3)4)45(55)47-26-32-15-9-6-10-16-32)24-40(51)39(28-56-27-33-17-11-7-12-18-33)49-43(53)37-22-34(25-46)21-36(23-37)42(52)48-31(5)35-19-13-8-14-20-35/h6-23,29-31,38-41,51H,24,26-28H2,1-5H3,(H,47,55)(H,48,52)(H,49,53)(H,50,54)/t31-,38+,39+,40+,41+/m1/s1. The molecule has 4 rings (SSSR count). The summed E-state index contributed by atoms with van der Waals surface area (Å²) in [5, 5.41) is 33.1. The topological polar surface area (TPSA) is 170 Å². The smallest absolute Gasteiger partial charge is 0.251 e. The van der Waals surface area contributed by atoms with Gasteiger partial charge in [-0.3, -0.25) is 19.2 Å². The first kappa shape index (κ1) is 42.9. The van der Waals surface area contributed by atoms with Crippen molar-refractivity contribution in [1.29, 1.82) is 5.26 Å². The summed E-state index contributed by atoms with van der Waals surface area (Å²) < 4.78 is 5.98. The predicted molar refractivity (Wildman–Crippen MR) is 215 cm³/mol. The average molecular weight is 760 g/mol. The van der Waals surface area contributed by atoms with Gasteiger partial charge in [0, 0.05) is 23.6 Å². The summed E-state index contributed by atoms with van der Waals surface area (Å²) in [5.74, 6) is -3.01. The number of nitrogens with one attached hydrogen (secondary N) is 4. The highest BCUT2D eigenvalue weighted by Gasteiger charge is 2.33. The molecule has 0 spiro atoms. The summed E-state index contributed by atoms with van der Waals surface area (Å²) in [6, 6.07) is 32.4. The third-order valence-electron chi connectivity index (χ3n) is 9.62. The molecule has 294 valence electrons. The minimum Gasteiger partial charge on any atom is -0.391 e. The number of hydrogen-bond donors (Lipinski definition) is 5. The minimum absolute atomic E-state index is 0.0428. The van der Waals surface area contributed by atoms with Gasteiger partial charge in [-0.05, 0) is 60.1 Å². The van der Waals surface area contributed by atoms with Crippen molar-refractivity contribution < 1.29 is 29.0 Å². The SMILES string of the molecule is CC(C)[C@H](C[C@H](O)[C@H](COCc1ccccc1)NC(=O)c1cc(C#N)cc(C(=O)N[C@H](C)c2ccccc2)c1)C(=O)N[C@H](C(=O)NCc1ccccc1)C(C)C. The van der Waals surface area contributed by atoms with E-state index in [0.717, 1.165) is 16.7 Å². The molecule has 56 heavy (non-hydrogen) atoms. The highest BCUT2D eigenvalue weighted by Crippen LogP contribution is 2.22. The lowest BCUT2D eigenvalue weighted by atomic mass is 9.86. The number of nitrogens with zero attached hydrogens (tertiary/aromatic N) is 1. The molecule has 0 aliphatic carbocycles. The van der Waals surface area contributed by atoms with E-state index in [9.17, 15) is 29.5 Å². The van der Waals surface area contributed by atoms with Crippen LogP contribution in [0.2, 0.25) is 0 Å². The monoisotopic (exact) mass is 759 g/mol. The van der Waals surface area contributed by atoms with Crippen LogP contribution in [0.25, 0.3) is 0 Å². The van der Waals surface area contributed by atoms with Crippen LogP contribution in [0.1, 0.15) is 90.1 Å². The Balaban J connectivity index is 1.51. The van der Waals surface area contributed by atoms with Crippen LogP contribution in [0.15, 0.2) is 109 Å². The van der Waals surface area contributed by atoms with Crippen LogP contribution in [0, 0.1) is 29.1 Å². The van der Waals surface area contributed by atoms with Crippen LogP contribution in [-0.2, 0) is 27.5 Å². The van der Waals surface area contributed by atoms with Crippen molar-refractivity contribution in [1.82, 2.24) is 21.3 Å². The van der Waals surface area contributed by atoms with Gasteiger partial charge in [0.05, 0.1) is 43.0 Å². The van der Waals surface area contributed by atoms with E-state index in [0.29, 0.717) is 6.54 Å². The number of aliphatic hydroxyl groups is 1. The Morgan fingerprint density at radius 2 is 1.25 bits per heavy atom. The minimum atomic E-state index is -1.26. The Hall–Kier alpha value is -5.83. The summed E-state index contributed by atoms with van der Waals surface area (Å²) in [4.78, 5) is 54.2. The number of hydrogen-bond acceptors (Lipinski definition) is 7. The van der Waals surface area contributed by atoms with Gasteiger partial charge < -0.3 is 31.1 Å². The van der Waals surface area contributed by atoms with E-state index in [-0.39, 0.29) is 60.1 Å². The van der Waals surface area contributed by atoms with Gasteiger partial charge in [-0.1, -0.05) is 119 Å². The van der Waals surface area contributed by atoms with Crippen molar-refractivity contribution in [3.63, 3.8) is 0 Å². The molecule has 11 nitrogen and oxygen atoms in total. The zero-order chi connectivity index (χ0) is 40.6. The van der Waals surface area contributed by atoms with Crippen LogP contribution in [-0.4, -0.2) is 53.5 Å². The molecule has 0 saturated heterocycles. The molecule has 0 aromatic heterocycles. The molecule has 4 aromatic rings. The van der Waals surface area contributed by atoms with E-state index >= 15 is 0 Å². The fourth-order valence-electron chi connectivity index (χ4n) is 6.23. The lowest BCUT2D eigenvalue weighted by Crippen LogP contribution is -2.53. The van der Waals surface area contributed by atoms with Gasteiger partial charge >= 0.3 is 0 Å². The molecule has 4 aromatic carbocycles. The summed E-state index contributed by atoms with van der Waals surface area (Å²) in [5.41, 5.74) is 2.98. The molecule has 0 fully saturated rings. The molecular formula is C45H53N5O6.